The lowest BCUT2D eigenvalue weighted by Crippen LogP contribution is -1.90. The predicted molar refractivity (Wildman–Crippen MR) is 174 cm³/mol. The van der Waals surface area contributed by atoms with Gasteiger partial charge in [-0.25, -0.2) is 4.98 Å². The van der Waals surface area contributed by atoms with E-state index >= 15 is 0 Å². The molecule has 9 aromatic rings. The van der Waals surface area contributed by atoms with Crippen molar-refractivity contribution in [2.45, 2.75) is 0 Å². The lowest BCUT2D eigenvalue weighted by atomic mass is 9.94. The first-order valence-electron chi connectivity index (χ1n) is 13.7. The molecule has 0 aliphatic carbocycles. The summed E-state index contributed by atoms with van der Waals surface area (Å²) in [7, 11) is 0. The van der Waals surface area contributed by atoms with E-state index in [1.807, 2.05) is 35.9 Å². The Hall–Kier alpha value is -5.19. The van der Waals surface area contributed by atoms with Gasteiger partial charge in [-0.2, -0.15) is 0 Å². The summed E-state index contributed by atoms with van der Waals surface area (Å²) in [6.07, 6.45) is 3.70. The van der Waals surface area contributed by atoms with Gasteiger partial charge in [-0.1, -0.05) is 84.9 Å². The largest absolute Gasteiger partial charge is 0.254 e. The molecule has 4 heteroatoms. The zero-order chi connectivity index (χ0) is 26.9. The van der Waals surface area contributed by atoms with Crippen molar-refractivity contribution in [1.29, 1.82) is 0 Å². The maximum Gasteiger partial charge on any atom is 0.0970 e. The van der Waals surface area contributed by atoms with Gasteiger partial charge in [0.2, 0.25) is 0 Å². The normalized spacial score (nSPS) is 11.9. The van der Waals surface area contributed by atoms with Crippen LogP contribution in [0.5, 0.6) is 0 Å². The number of thiophene rings is 1. The number of nitrogens with zero attached hydrogens (tertiary/aromatic N) is 3. The summed E-state index contributed by atoms with van der Waals surface area (Å²) in [5.41, 5.74) is 7.46. The van der Waals surface area contributed by atoms with E-state index < -0.39 is 0 Å². The zero-order valence-electron chi connectivity index (χ0n) is 21.9. The first kappa shape index (κ1) is 22.6. The Labute approximate surface area is 239 Å². The molecule has 0 saturated heterocycles. The zero-order valence-corrected chi connectivity index (χ0v) is 22.7. The van der Waals surface area contributed by atoms with Crippen molar-refractivity contribution < 1.29 is 0 Å². The summed E-state index contributed by atoms with van der Waals surface area (Å²) < 4.78 is 2.56. The van der Waals surface area contributed by atoms with E-state index in [-0.39, 0.29) is 0 Å². The second-order valence-corrected chi connectivity index (χ2v) is 11.4. The van der Waals surface area contributed by atoms with Gasteiger partial charge in [-0.3, -0.25) is 9.97 Å². The maximum absolute atomic E-state index is 5.16. The van der Waals surface area contributed by atoms with Crippen LogP contribution in [-0.2, 0) is 0 Å². The second kappa shape index (κ2) is 8.65. The van der Waals surface area contributed by atoms with Crippen LogP contribution in [0.15, 0.2) is 128 Å². The van der Waals surface area contributed by atoms with Gasteiger partial charge in [0.25, 0.3) is 0 Å². The van der Waals surface area contributed by atoms with Gasteiger partial charge in [-0.15, -0.1) is 11.3 Å². The monoisotopic (exact) mass is 539 g/mol. The third kappa shape index (κ3) is 3.28. The van der Waals surface area contributed by atoms with E-state index in [0.717, 1.165) is 38.6 Å². The fourth-order valence-electron chi connectivity index (χ4n) is 6.36. The van der Waals surface area contributed by atoms with Crippen LogP contribution in [0.1, 0.15) is 0 Å². The summed E-state index contributed by atoms with van der Waals surface area (Å²) in [6.45, 7) is 0. The average Bonchev–Trinajstić information content (AvgIpc) is 3.43. The molecule has 0 spiro atoms. The molecule has 3 nitrogen and oxygen atoms in total. The van der Waals surface area contributed by atoms with Crippen LogP contribution >= 0.6 is 11.3 Å². The molecule has 5 aromatic carbocycles. The number of rotatable bonds is 2. The van der Waals surface area contributed by atoms with Crippen molar-refractivity contribution >= 4 is 75.0 Å². The number of fused-ring (bicyclic) bond motifs is 10. The number of pyridine rings is 3. The van der Waals surface area contributed by atoms with E-state index in [4.69, 9.17) is 9.97 Å². The number of hydrogen-bond acceptors (Lipinski definition) is 4. The van der Waals surface area contributed by atoms with E-state index in [1.165, 1.54) is 47.5 Å². The maximum atomic E-state index is 5.16. The van der Waals surface area contributed by atoms with E-state index in [2.05, 4.69) is 108 Å². The van der Waals surface area contributed by atoms with Crippen molar-refractivity contribution in [2.75, 3.05) is 0 Å². The predicted octanol–water partition coefficient (Wildman–Crippen LogP) is 10.2. The van der Waals surface area contributed by atoms with Crippen molar-refractivity contribution in [3.05, 3.63) is 128 Å². The third-order valence-electron chi connectivity index (χ3n) is 8.12. The molecule has 0 aliphatic heterocycles. The van der Waals surface area contributed by atoms with Crippen LogP contribution in [0, 0.1) is 0 Å². The Morgan fingerprint density at radius 1 is 0.512 bits per heavy atom. The van der Waals surface area contributed by atoms with Gasteiger partial charge in [0.05, 0.1) is 22.2 Å². The van der Waals surface area contributed by atoms with Crippen molar-refractivity contribution in [1.82, 2.24) is 15.0 Å². The minimum atomic E-state index is 0.939. The Bertz CT molecular complexity index is 2480. The molecule has 4 heterocycles. The molecular weight excluding hydrogens is 518 g/mol. The molecule has 0 bridgehead atoms. The van der Waals surface area contributed by atoms with Crippen LogP contribution in [0.25, 0.3) is 86.0 Å². The lowest BCUT2D eigenvalue weighted by Gasteiger charge is -2.12. The van der Waals surface area contributed by atoms with Gasteiger partial charge in [0.1, 0.15) is 0 Å². The standard InChI is InChI=1S/C37H21N3S/c1-2-9-22(10-3-1)34-27-17-18-31-33(32(27)26-12-4-5-16-30(26)40-34)28-14-6-13-25(37(28)41-31)29-21-23-11-7-19-38-35(23)36-24(29)15-8-20-39-36/h1-21H. The number of aromatic nitrogens is 3. The molecule has 0 fully saturated rings. The quantitative estimate of drug-likeness (QED) is 0.205. The summed E-state index contributed by atoms with van der Waals surface area (Å²) in [6, 6.07) is 40.9. The van der Waals surface area contributed by atoms with E-state index in [1.54, 1.807) is 0 Å². The van der Waals surface area contributed by atoms with Crippen molar-refractivity contribution in [3.63, 3.8) is 0 Å². The Morgan fingerprint density at radius 3 is 2.22 bits per heavy atom. The molecule has 0 aliphatic rings. The SMILES string of the molecule is c1ccc(-c2nc3ccccc3c3c2ccc2sc4c(-c5cc6cccnc6c6ncccc56)cccc4c23)cc1. The molecule has 9 rings (SSSR count). The van der Waals surface area contributed by atoms with Crippen LogP contribution in [0.3, 0.4) is 0 Å². The highest BCUT2D eigenvalue weighted by molar-refractivity contribution is 7.26. The Balaban J connectivity index is 1.44. The average molecular weight is 540 g/mol. The molecular formula is C37H21N3S. The summed E-state index contributed by atoms with van der Waals surface area (Å²) in [4.78, 5) is 14.6. The van der Waals surface area contributed by atoms with Crippen LogP contribution < -0.4 is 0 Å². The second-order valence-electron chi connectivity index (χ2n) is 10.4. The van der Waals surface area contributed by atoms with Crippen LogP contribution in [0.4, 0.5) is 0 Å². The molecule has 0 N–H and O–H groups in total. The van der Waals surface area contributed by atoms with Crippen molar-refractivity contribution in [3.8, 4) is 22.4 Å². The molecule has 190 valence electrons. The smallest absolute Gasteiger partial charge is 0.0970 e. The van der Waals surface area contributed by atoms with Crippen LogP contribution in [0.2, 0.25) is 0 Å². The first-order valence-corrected chi connectivity index (χ1v) is 14.5. The van der Waals surface area contributed by atoms with Gasteiger partial charge in [0.15, 0.2) is 0 Å². The topological polar surface area (TPSA) is 38.7 Å². The fourth-order valence-corrected chi connectivity index (χ4v) is 7.60. The minimum Gasteiger partial charge on any atom is -0.254 e. The molecule has 4 aromatic heterocycles. The summed E-state index contributed by atoms with van der Waals surface area (Å²) in [5, 5.41) is 8.42. The molecule has 41 heavy (non-hydrogen) atoms. The molecule has 0 radical (unpaired) electrons. The molecule has 0 amide bonds. The Kier molecular flexibility index (Phi) is 4.77. The Morgan fingerprint density at radius 2 is 1.29 bits per heavy atom. The number of para-hydroxylation sites is 1. The molecule has 0 unspecified atom stereocenters. The summed E-state index contributed by atoms with van der Waals surface area (Å²) in [5.74, 6) is 0. The number of hydrogen-bond donors (Lipinski definition) is 0. The van der Waals surface area contributed by atoms with Gasteiger partial charge >= 0.3 is 0 Å². The highest BCUT2D eigenvalue weighted by atomic mass is 32.1. The number of benzene rings is 5. The van der Waals surface area contributed by atoms with E-state index in [9.17, 15) is 0 Å². The van der Waals surface area contributed by atoms with Gasteiger partial charge in [-0.05, 0) is 35.9 Å². The molecule has 0 saturated carbocycles. The first-order chi connectivity index (χ1) is 20.3. The summed E-state index contributed by atoms with van der Waals surface area (Å²) >= 11 is 1.87. The molecule has 0 atom stereocenters. The highest BCUT2D eigenvalue weighted by Gasteiger charge is 2.19. The minimum absolute atomic E-state index is 0.939. The lowest BCUT2D eigenvalue weighted by molar-refractivity contribution is 1.37. The highest BCUT2D eigenvalue weighted by Crippen LogP contribution is 2.47. The fraction of sp³-hybridized carbons (Fsp3) is 0. The van der Waals surface area contributed by atoms with E-state index in [0.29, 0.717) is 0 Å². The van der Waals surface area contributed by atoms with Gasteiger partial charge in [0, 0.05) is 70.6 Å². The third-order valence-corrected chi connectivity index (χ3v) is 9.33. The van der Waals surface area contributed by atoms with Gasteiger partial charge < -0.3 is 0 Å². The van der Waals surface area contributed by atoms with Crippen molar-refractivity contribution in [2.24, 2.45) is 0 Å². The van der Waals surface area contributed by atoms with Crippen LogP contribution in [-0.4, -0.2) is 15.0 Å².